The number of piperazine rings is 1. The Morgan fingerprint density at radius 1 is 1.05 bits per heavy atom. The first-order chi connectivity index (χ1) is 10.2. The van der Waals surface area contributed by atoms with Crippen LogP contribution in [0.2, 0.25) is 0 Å². The van der Waals surface area contributed by atoms with Gasteiger partial charge in [-0.1, -0.05) is 30.3 Å². The summed E-state index contributed by atoms with van der Waals surface area (Å²) in [7, 11) is 0. The van der Waals surface area contributed by atoms with Gasteiger partial charge in [0.1, 0.15) is 0 Å². The summed E-state index contributed by atoms with van der Waals surface area (Å²) in [5.74, 6) is -0.716. The van der Waals surface area contributed by atoms with Crippen LogP contribution < -0.4 is 0 Å². The predicted octanol–water partition coefficient (Wildman–Crippen LogP) is 0.471. The molecular weight excluding hydrogens is 284 g/mol. The van der Waals surface area contributed by atoms with Gasteiger partial charge in [-0.3, -0.25) is 9.69 Å². The number of carboxylic acids is 1. The first-order valence-corrected chi connectivity index (χ1v) is 7.52. The van der Waals surface area contributed by atoms with E-state index in [2.05, 4.69) is 21.9 Å². The van der Waals surface area contributed by atoms with Crippen LogP contribution in [0, 0.1) is 0 Å². The summed E-state index contributed by atoms with van der Waals surface area (Å²) < 4.78 is 5.70. The predicted molar refractivity (Wildman–Crippen MR) is 84.8 cm³/mol. The zero-order chi connectivity index (χ0) is 14.9. The first-order valence-electron chi connectivity index (χ1n) is 7.52. The van der Waals surface area contributed by atoms with Crippen LogP contribution in [-0.2, 0) is 16.1 Å². The summed E-state index contributed by atoms with van der Waals surface area (Å²) in [5, 5.41) is 8.68. The van der Waals surface area contributed by atoms with Crippen molar-refractivity contribution >= 4 is 5.97 Å². The fourth-order valence-corrected chi connectivity index (χ4v) is 2.45. The highest BCUT2D eigenvalue weighted by atomic mass is 16.5. The molecule has 6 nitrogen and oxygen atoms in total. The van der Waals surface area contributed by atoms with Crippen LogP contribution in [0.4, 0.5) is 0 Å². The molecular formula is C16H26N2O4. The van der Waals surface area contributed by atoms with Gasteiger partial charge in [-0.15, -0.1) is 0 Å². The molecule has 1 aromatic rings. The van der Waals surface area contributed by atoms with Crippen LogP contribution in [0.3, 0.4) is 0 Å². The van der Waals surface area contributed by atoms with Crippen LogP contribution in [0.1, 0.15) is 12.0 Å². The van der Waals surface area contributed by atoms with Gasteiger partial charge in [0.15, 0.2) is 0 Å². The number of carbonyl (C=O) groups is 1. The smallest absolute Gasteiger partial charge is 0.304 e. The van der Waals surface area contributed by atoms with Crippen molar-refractivity contribution < 1.29 is 20.1 Å². The minimum atomic E-state index is -0.716. The van der Waals surface area contributed by atoms with Crippen molar-refractivity contribution in [2.24, 2.45) is 0 Å². The number of ether oxygens (including phenoxy) is 1. The van der Waals surface area contributed by atoms with Crippen molar-refractivity contribution in [1.29, 1.82) is 0 Å². The van der Waals surface area contributed by atoms with E-state index in [1.54, 1.807) is 0 Å². The Kier molecular flexibility index (Phi) is 8.69. The third-order valence-electron chi connectivity index (χ3n) is 3.77. The molecule has 124 valence electrons. The minimum Gasteiger partial charge on any atom is -0.481 e. The summed E-state index contributed by atoms with van der Waals surface area (Å²) in [6.07, 6.45) is 0.236. The largest absolute Gasteiger partial charge is 0.481 e. The molecule has 22 heavy (non-hydrogen) atoms. The quantitative estimate of drug-likeness (QED) is 0.706. The third kappa shape index (κ3) is 7.00. The Balaban J connectivity index is 0.00000242. The average Bonchev–Trinajstić information content (AvgIpc) is 2.52. The van der Waals surface area contributed by atoms with Crippen LogP contribution in [0.5, 0.6) is 0 Å². The van der Waals surface area contributed by atoms with Gasteiger partial charge in [0, 0.05) is 39.3 Å². The second-order valence-electron chi connectivity index (χ2n) is 5.37. The highest BCUT2D eigenvalue weighted by Crippen LogP contribution is 2.04. The number of hydrogen-bond donors (Lipinski definition) is 1. The molecule has 0 atom stereocenters. The maximum absolute atomic E-state index is 10.5. The highest BCUT2D eigenvalue weighted by molar-refractivity contribution is 5.66. The lowest BCUT2D eigenvalue weighted by Gasteiger charge is -2.34. The Labute approximate surface area is 131 Å². The molecule has 2 rings (SSSR count). The van der Waals surface area contributed by atoms with Crippen molar-refractivity contribution in [3.8, 4) is 0 Å². The van der Waals surface area contributed by atoms with Gasteiger partial charge < -0.3 is 20.2 Å². The summed E-state index contributed by atoms with van der Waals surface area (Å²) in [5.41, 5.74) is 1.20. The van der Waals surface area contributed by atoms with Gasteiger partial charge in [0.25, 0.3) is 0 Å². The van der Waals surface area contributed by atoms with Gasteiger partial charge in [-0.05, 0) is 5.56 Å². The molecule has 1 aliphatic heterocycles. The number of carboxylic acid groups (broad SMARTS) is 1. The second kappa shape index (κ2) is 10.3. The second-order valence-corrected chi connectivity index (χ2v) is 5.37. The normalized spacial score (nSPS) is 16.2. The maximum atomic E-state index is 10.5. The fraction of sp³-hybridized carbons (Fsp3) is 0.562. The van der Waals surface area contributed by atoms with Gasteiger partial charge in [0.05, 0.1) is 19.6 Å². The first kappa shape index (κ1) is 18.6. The molecule has 6 heteroatoms. The number of rotatable bonds is 8. The van der Waals surface area contributed by atoms with Crippen LogP contribution in [0.25, 0.3) is 0 Å². The zero-order valence-corrected chi connectivity index (χ0v) is 12.9. The summed E-state index contributed by atoms with van der Waals surface area (Å²) in [6, 6.07) is 10.2. The summed E-state index contributed by atoms with van der Waals surface area (Å²) in [6.45, 7) is 6.90. The lowest BCUT2D eigenvalue weighted by atomic mass is 10.2. The van der Waals surface area contributed by atoms with Crippen molar-refractivity contribution in [2.75, 3.05) is 45.9 Å². The van der Waals surface area contributed by atoms with Gasteiger partial charge in [-0.25, -0.2) is 0 Å². The highest BCUT2D eigenvalue weighted by Gasteiger charge is 2.16. The molecule has 1 saturated heterocycles. The van der Waals surface area contributed by atoms with E-state index in [1.165, 1.54) is 5.56 Å². The van der Waals surface area contributed by atoms with E-state index in [0.717, 1.165) is 39.3 Å². The summed E-state index contributed by atoms with van der Waals surface area (Å²) in [4.78, 5) is 15.1. The SMILES string of the molecule is O.O=C(O)CCN1CCN(CCOCc2ccccc2)CC1. The van der Waals surface area contributed by atoms with Gasteiger partial charge >= 0.3 is 5.97 Å². The molecule has 1 aromatic carbocycles. The van der Waals surface area contributed by atoms with E-state index < -0.39 is 5.97 Å². The Morgan fingerprint density at radius 3 is 2.23 bits per heavy atom. The van der Waals surface area contributed by atoms with Gasteiger partial charge in [-0.2, -0.15) is 0 Å². The molecule has 3 N–H and O–H groups in total. The molecule has 0 unspecified atom stereocenters. The minimum absolute atomic E-state index is 0. The number of benzene rings is 1. The molecule has 0 amide bonds. The lowest BCUT2D eigenvalue weighted by molar-refractivity contribution is -0.137. The maximum Gasteiger partial charge on any atom is 0.304 e. The van der Waals surface area contributed by atoms with Gasteiger partial charge in [0.2, 0.25) is 0 Å². The van der Waals surface area contributed by atoms with E-state index in [1.807, 2.05) is 18.2 Å². The Hall–Kier alpha value is -1.47. The molecule has 0 aromatic heterocycles. The number of hydrogen-bond acceptors (Lipinski definition) is 4. The Morgan fingerprint density at radius 2 is 1.64 bits per heavy atom. The Bertz CT molecular complexity index is 419. The van der Waals surface area contributed by atoms with Crippen LogP contribution >= 0.6 is 0 Å². The van der Waals surface area contributed by atoms with E-state index in [9.17, 15) is 4.79 Å². The lowest BCUT2D eigenvalue weighted by Crippen LogP contribution is -2.47. The van der Waals surface area contributed by atoms with Crippen LogP contribution in [0.15, 0.2) is 30.3 Å². The monoisotopic (exact) mass is 310 g/mol. The summed E-state index contributed by atoms with van der Waals surface area (Å²) >= 11 is 0. The standard InChI is InChI=1S/C16H24N2O3.H2O/c19-16(20)6-7-17-8-10-18(11-9-17)12-13-21-14-15-4-2-1-3-5-15;/h1-5H,6-14H2,(H,19,20);1H2. The number of nitrogens with zero attached hydrogens (tertiary/aromatic N) is 2. The average molecular weight is 310 g/mol. The van der Waals surface area contributed by atoms with Crippen molar-refractivity contribution in [2.45, 2.75) is 13.0 Å². The molecule has 0 spiro atoms. The van der Waals surface area contributed by atoms with Crippen molar-refractivity contribution in [1.82, 2.24) is 9.80 Å². The zero-order valence-electron chi connectivity index (χ0n) is 12.9. The third-order valence-corrected chi connectivity index (χ3v) is 3.77. The van der Waals surface area contributed by atoms with Crippen molar-refractivity contribution in [3.63, 3.8) is 0 Å². The molecule has 1 aliphatic rings. The van der Waals surface area contributed by atoms with Crippen LogP contribution in [-0.4, -0.2) is 72.2 Å². The number of aliphatic carboxylic acids is 1. The van der Waals surface area contributed by atoms with Crippen molar-refractivity contribution in [3.05, 3.63) is 35.9 Å². The topological polar surface area (TPSA) is 84.5 Å². The molecule has 0 aliphatic carbocycles. The molecule has 1 heterocycles. The molecule has 0 bridgehead atoms. The van der Waals surface area contributed by atoms with E-state index >= 15 is 0 Å². The van der Waals surface area contributed by atoms with E-state index in [0.29, 0.717) is 13.2 Å². The molecule has 0 saturated carbocycles. The molecule has 0 radical (unpaired) electrons. The molecule has 1 fully saturated rings. The fourth-order valence-electron chi connectivity index (χ4n) is 2.45. The van der Waals surface area contributed by atoms with E-state index in [4.69, 9.17) is 9.84 Å². The van der Waals surface area contributed by atoms with E-state index in [-0.39, 0.29) is 11.9 Å².